The smallest absolute Gasteiger partial charge is 0.248 e. The third-order valence-electron chi connectivity index (χ3n) is 33.9. The average molecular weight is 1780 g/mol. The largest absolute Gasteiger partial charge is 0.310 e. The first-order chi connectivity index (χ1) is 68.6. The summed E-state index contributed by atoms with van der Waals surface area (Å²) in [5, 5.41) is 10.7. The molecule has 0 aliphatic carbocycles. The van der Waals surface area contributed by atoms with Gasteiger partial charge >= 0.3 is 0 Å². The fourth-order valence-electron chi connectivity index (χ4n) is 27.9. The van der Waals surface area contributed by atoms with Crippen LogP contribution in [-0.2, 0) is 21.7 Å². The summed E-state index contributed by atoms with van der Waals surface area (Å²) in [7, 11) is 0. The molecule has 8 aliphatic rings. The summed E-state index contributed by atoms with van der Waals surface area (Å²) < 4.78 is 10.2. The summed E-state index contributed by atoms with van der Waals surface area (Å²) in [4.78, 5) is 0. The molecule has 32 rings (SSSR count). The van der Waals surface area contributed by atoms with Gasteiger partial charge in [0, 0.05) is 115 Å². The fourth-order valence-corrected chi connectivity index (χ4v) is 27.9. The van der Waals surface area contributed by atoms with E-state index in [4.69, 9.17) is 0 Å². The van der Waals surface area contributed by atoms with Gasteiger partial charge in [-0.15, -0.1) is 0 Å². The van der Waals surface area contributed by atoms with Crippen LogP contribution in [0.4, 0.5) is 0 Å². The number of aromatic nitrogens is 4. The Labute approximate surface area is 817 Å². The van der Waals surface area contributed by atoms with Gasteiger partial charge in [0.1, 0.15) is 0 Å². The number of rotatable bonds is 4. The van der Waals surface area contributed by atoms with Gasteiger partial charge in [0.2, 0.25) is 26.9 Å². The van der Waals surface area contributed by atoms with Crippen molar-refractivity contribution < 1.29 is 0 Å². The Morgan fingerprint density at radius 2 is 0.479 bits per heavy atom. The second-order valence-corrected chi connectivity index (χ2v) is 42.1. The number of nitrogens with zero attached hydrogens (tertiary/aromatic N) is 4. The van der Waals surface area contributed by atoms with Crippen molar-refractivity contribution in [3.8, 4) is 67.3 Å². The first-order valence-electron chi connectivity index (χ1n) is 50.0. The van der Waals surface area contributed by atoms with E-state index in [0.717, 1.165) is 0 Å². The molecule has 140 heavy (non-hydrogen) atoms. The molecule has 0 spiro atoms. The zero-order valence-corrected chi connectivity index (χ0v) is 79.7. The molecular formula is C132H96B4N4. The van der Waals surface area contributed by atoms with Crippen molar-refractivity contribution in [3.63, 3.8) is 0 Å². The molecule has 0 saturated heterocycles. The summed E-state index contributed by atoms with van der Waals surface area (Å²) in [6.45, 7) is 20.0. The Morgan fingerprint density at radius 3 is 0.979 bits per heavy atom. The second-order valence-electron chi connectivity index (χ2n) is 42.1. The molecule has 0 N–H and O–H groups in total. The van der Waals surface area contributed by atoms with E-state index >= 15 is 0 Å². The zero-order valence-electron chi connectivity index (χ0n) is 79.7. The van der Waals surface area contributed by atoms with Gasteiger partial charge in [-0.25, -0.2) is 0 Å². The quantitative estimate of drug-likeness (QED) is 0.157. The highest BCUT2D eigenvalue weighted by atomic mass is 15.0. The van der Waals surface area contributed by atoms with Gasteiger partial charge < -0.3 is 18.3 Å². The molecule has 0 radical (unpaired) electrons. The van der Waals surface area contributed by atoms with Crippen LogP contribution in [0.2, 0.25) is 0 Å². The lowest BCUT2D eigenvalue weighted by Crippen LogP contribution is -2.63. The number of benzene rings is 20. The molecule has 0 amide bonds. The number of fused-ring (bicyclic) bond motifs is 28. The van der Waals surface area contributed by atoms with Crippen LogP contribution < -0.4 is 65.6 Å². The second kappa shape index (κ2) is 29.7. The molecule has 24 aromatic rings. The van der Waals surface area contributed by atoms with Gasteiger partial charge in [0.15, 0.2) is 0 Å². The topological polar surface area (TPSA) is 19.7 Å². The Bertz CT molecular complexity index is 9450. The van der Waals surface area contributed by atoms with Gasteiger partial charge in [-0.05, 0) is 176 Å². The number of para-hydroxylation sites is 5. The van der Waals surface area contributed by atoms with E-state index in [9.17, 15) is 0 Å². The van der Waals surface area contributed by atoms with Crippen molar-refractivity contribution in [2.45, 2.75) is 77.0 Å². The molecular weight excluding hydrogens is 1680 g/mol. The maximum Gasteiger partial charge on any atom is 0.248 e. The first kappa shape index (κ1) is 81.1. The molecule has 4 aromatic heterocycles. The minimum absolute atomic E-state index is 0.0397. The third-order valence-corrected chi connectivity index (χ3v) is 33.9. The lowest BCUT2D eigenvalue weighted by molar-refractivity contribution is 0.645. The van der Waals surface area contributed by atoms with E-state index in [1.807, 2.05) is 0 Å². The van der Waals surface area contributed by atoms with Crippen LogP contribution in [0.15, 0.2) is 437 Å². The highest BCUT2D eigenvalue weighted by Crippen LogP contribution is 2.49. The van der Waals surface area contributed by atoms with Crippen molar-refractivity contribution in [2.75, 3.05) is 0 Å². The highest BCUT2D eigenvalue weighted by Gasteiger charge is 2.51. The summed E-state index contributed by atoms with van der Waals surface area (Å²) in [6, 6.07) is 162. The van der Waals surface area contributed by atoms with E-state index in [1.165, 1.54) is 265 Å². The van der Waals surface area contributed by atoms with Gasteiger partial charge in [-0.1, -0.05) is 465 Å². The SMILES string of the molecule is CC1(C)c2ccccc2B2c3c(cccc31)-n1c3c2cccc3c2cccc(-c3ccccc3)c21.CC1(C)c2ccccc2B2c3c(cccc31)-n1c3ccccc3c3c(-c4ccccc4)ccc2c31.CC1(C)c2ccccc2B2c3c(cccc31)-n1c3ccccc3c3cc(-c4ccccc4)cc2c31.CC1(C)c2ccccc2B2c3c(cccc31)-n1c3ccccc3c3ccc(-c4ccccc4)c2c31. The molecule has 0 unspecified atom stereocenters. The van der Waals surface area contributed by atoms with Crippen molar-refractivity contribution in [1.29, 1.82) is 0 Å². The van der Waals surface area contributed by atoms with Crippen LogP contribution in [0.25, 0.3) is 154 Å². The van der Waals surface area contributed by atoms with Crippen LogP contribution in [-0.4, -0.2) is 45.1 Å². The van der Waals surface area contributed by atoms with Crippen molar-refractivity contribution >= 4 is 180 Å². The summed E-state index contributed by atoms with van der Waals surface area (Å²) in [5.41, 5.74) is 55.0. The Morgan fingerprint density at radius 1 is 0.164 bits per heavy atom. The van der Waals surface area contributed by atoms with Gasteiger partial charge in [-0.3, -0.25) is 0 Å². The van der Waals surface area contributed by atoms with Crippen LogP contribution in [0.1, 0.15) is 99.9 Å². The predicted octanol–water partition coefficient (Wildman–Crippen LogP) is 23.7. The summed E-state index contributed by atoms with van der Waals surface area (Å²) in [5.74, 6) is 0. The van der Waals surface area contributed by atoms with Crippen LogP contribution >= 0.6 is 0 Å². The molecule has 0 atom stereocenters. The lowest BCUT2D eigenvalue weighted by Gasteiger charge is -2.42. The van der Waals surface area contributed by atoms with Crippen molar-refractivity contribution in [1.82, 2.24) is 18.3 Å². The molecule has 0 bridgehead atoms. The summed E-state index contributed by atoms with van der Waals surface area (Å²) >= 11 is 0. The Hall–Kier alpha value is -16.1. The van der Waals surface area contributed by atoms with Gasteiger partial charge in [0.05, 0.1) is 22.1 Å². The van der Waals surface area contributed by atoms with Crippen LogP contribution in [0, 0.1) is 0 Å². The van der Waals surface area contributed by atoms with E-state index in [1.54, 1.807) is 0 Å². The van der Waals surface area contributed by atoms with Crippen LogP contribution in [0.3, 0.4) is 0 Å². The summed E-state index contributed by atoms with van der Waals surface area (Å²) in [6.07, 6.45) is 0. The number of hydrogen-bond acceptors (Lipinski definition) is 0. The molecule has 8 heteroatoms. The molecule has 4 nitrogen and oxygen atoms in total. The monoisotopic (exact) mass is 1780 g/mol. The Kier molecular flexibility index (Phi) is 17.2. The number of hydrogen-bond donors (Lipinski definition) is 0. The molecule has 0 saturated carbocycles. The minimum Gasteiger partial charge on any atom is -0.310 e. The third kappa shape index (κ3) is 11.0. The van der Waals surface area contributed by atoms with E-state index in [0.29, 0.717) is 0 Å². The van der Waals surface area contributed by atoms with Crippen molar-refractivity contribution in [2.24, 2.45) is 0 Å². The molecule has 656 valence electrons. The average Bonchev–Trinajstić information content (AvgIpc) is 1.46. The Balaban J connectivity index is 0.0000000896. The van der Waals surface area contributed by atoms with E-state index in [-0.39, 0.29) is 48.5 Å². The minimum atomic E-state index is -0.0559. The van der Waals surface area contributed by atoms with E-state index < -0.39 is 0 Å². The van der Waals surface area contributed by atoms with E-state index in [2.05, 4.69) is 510 Å². The van der Waals surface area contributed by atoms with Crippen LogP contribution in [0.5, 0.6) is 0 Å². The van der Waals surface area contributed by atoms with Crippen molar-refractivity contribution in [3.05, 3.63) is 481 Å². The highest BCUT2D eigenvalue weighted by molar-refractivity contribution is 7.01. The maximum atomic E-state index is 2.57. The molecule has 8 aliphatic heterocycles. The maximum absolute atomic E-state index is 2.57. The van der Waals surface area contributed by atoms with Gasteiger partial charge in [0.25, 0.3) is 0 Å². The standard InChI is InChI=1S/4C33H24BN/c1-33(2)25-14-7-8-16-27(25)34-28-20-22(21-11-4-3-5-12-21)19-24-23-13-6-9-17-29(23)35(32(24)28)30-18-10-15-26(33)31(30)34;1-33(2)25-14-7-8-16-27(25)34-30-22(21-11-4-3-5-12-21)19-20-24-23-13-6-9-17-28(23)35(32(24)30)29-18-10-15-26(33)31(29)34;1-33(2)24-14-7-8-16-26(24)34-27-20-19-22(21-11-4-3-5-12-21)30-23-13-6-9-17-28(23)35(32(27)30)29-18-10-15-25(33)31(29)34;1-33(2)25-16-6-7-18-27(25)34-28-19-9-15-24-23-14-8-13-22(21-11-4-3-5-12-21)31(23)35(32(24)28)29-20-10-17-26(33)30(29)34/h4*3-20H,1-2H3. The normalized spacial score (nSPS) is 14.7. The zero-order chi connectivity index (χ0) is 93.2. The predicted molar refractivity (Wildman–Crippen MR) is 598 cm³/mol. The molecule has 0 fully saturated rings. The lowest BCUT2D eigenvalue weighted by atomic mass is 9.30. The fraction of sp³-hybridized carbons (Fsp3) is 0.0909. The molecule has 20 aromatic carbocycles. The molecule has 12 heterocycles. The van der Waals surface area contributed by atoms with Gasteiger partial charge in [-0.2, -0.15) is 0 Å². The first-order valence-corrected chi connectivity index (χ1v) is 50.0.